The Balaban J connectivity index is 2.30. The fraction of sp³-hybridized carbons (Fsp3) is 0.643. The summed E-state index contributed by atoms with van der Waals surface area (Å²) in [5.41, 5.74) is 0.0243. The van der Waals surface area contributed by atoms with Gasteiger partial charge in [0.1, 0.15) is 11.4 Å². The second-order valence-corrected chi connectivity index (χ2v) is 6.50. The van der Waals surface area contributed by atoms with Gasteiger partial charge in [-0.05, 0) is 53.9 Å². The molecule has 0 unspecified atom stereocenters. The van der Waals surface area contributed by atoms with Gasteiger partial charge in [-0.2, -0.15) is 0 Å². The van der Waals surface area contributed by atoms with Crippen LogP contribution in [-0.2, 0) is 15.9 Å². The average Bonchev–Trinajstić information content (AvgIpc) is 2.50. The highest BCUT2D eigenvalue weighted by molar-refractivity contribution is 6.61. The number of rotatable bonds is 3. The van der Waals surface area contributed by atoms with E-state index in [0.717, 1.165) is 5.69 Å². The number of hydrogen-bond donors (Lipinski definition) is 0. The first-order valence-electron chi connectivity index (χ1n) is 6.78. The standard InChI is InChI=1S/C14H22BFN2O2/c1-13(2)14(3,4)20-15(19-13)12-11(16)8-7-10(17-12)9-18(5)6/h7-8H,9H2,1-6H3. The van der Waals surface area contributed by atoms with Crippen LogP contribution in [0.1, 0.15) is 33.4 Å². The Morgan fingerprint density at radius 2 is 1.70 bits per heavy atom. The lowest BCUT2D eigenvalue weighted by molar-refractivity contribution is 0.00578. The molecule has 0 spiro atoms. The first kappa shape index (κ1) is 15.4. The third kappa shape index (κ3) is 2.87. The van der Waals surface area contributed by atoms with Crippen LogP contribution in [0, 0.1) is 5.82 Å². The van der Waals surface area contributed by atoms with Crippen LogP contribution in [0.15, 0.2) is 12.1 Å². The lowest BCUT2D eigenvalue weighted by atomic mass is 9.83. The van der Waals surface area contributed by atoms with E-state index in [1.807, 2.05) is 46.7 Å². The van der Waals surface area contributed by atoms with Crippen molar-refractivity contribution in [1.29, 1.82) is 0 Å². The summed E-state index contributed by atoms with van der Waals surface area (Å²) in [5, 5.41) is 0. The molecule has 0 aliphatic carbocycles. The topological polar surface area (TPSA) is 34.6 Å². The summed E-state index contributed by atoms with van der Waals surface area (Å²) in [6.07, 6.45) is 0. The molecule has 0 N–H and O–H groups in total. The SMILES string of the molecule is CN(C)Cc1ccc(F)c(B2OC(C)(C)C(C)(C)O2)n1. The van der Waals surface area contributed by atoms with Gasteiger partial charge < -0.3 is 14.2 Å². The molecular weight excluding hydrogens is 258 g/mol. The van der Waals surface area contributed by atoms with E-state index in [1.165, 1.54) is 6.07 Å². The number of aromatic nitrogens is 1. The Morgan fingerprint density at radius 1 is 1.15 bits per heavy atom. The van der Waals surface area contributed by atoms with Crippen LogP contribution in [0.2, 0.25) is 0 Å². The molecule has 1 aromatic rings. The molecule has 20 heavy (non-hydrogen) atoms. The molecule has 6 heteroatoms. The molecule has 0 radical (unpaired) electrons. The molecule has 1 aliphatic rings. The molecule has 1 aromatic heterocycles. The lowest BCUT2D eigenvalue weighted by Crippen LogP contribution is -2.41. The first-order valence-corrected chi connectivity index (χ1v) is 6.78. The molecule has 2 rings (SSSR count). The van der Waals surface area contributed by atoms with Crippen molar-refractivity contribution in [3.05, 3.63) is 23.6 Å². The van der Waals surface area contributed by atoms with Gasteiger partial charge >= 0.3 is 7.12 Å². The van der Waals surface area contributed by atoms with Crippen molar-refractivity contribution in [2.45, 2.75) is 45.4 Å². The molecule has 0 bridgehead atoms. The quantitative estimate of drug-likeness (QED) is 0.787. The molecule has 2 heterocycles. The maximum atomic E-state index is 14.0. The molecule has 0 saturated carbocycles. The fourth-order valence-electron chi connectivity index (χ4n) is 2.03. The van der Waals surface area contributed by atoms with Crippen molar-refractivity contribution in [3.63, 3.8) is 0 Å². The smallest absolute Gasteiger partial charge is 0.398 e. The Bertz CT molecular complexity index is 490. The molecule has 4 nitrogen and oxygen atoms in total. The van der Waals surface area contributed by atoms with E-state index in [0.29, 0.717) is 6.54 Å². The van der Waals surface area contributed by atoms with Gasteiger partial charge in [0.05, 0.1) is 16.9 Å². The average molecular weight is 280 g/mol. The number of halogens is 1. The molecule has 0 atom stereocenters. The number of nitrogens with zero attached hydrogens (tertiary/aromatic N) is 2. The van der Waals surface area contributed by atoms with Gasteiger partial charge in [0.15, 0.2) is 0 Å². The first-order chi connectivity index (χ1) is 9.12. The minimum absolute atomic E-state index is 0.225. The molecule has 1 saturated heterocycles. The van der Waals surface area contributed by atoms with Crippen molar-refractivity contribution < 1.29 is 13.7 Å². The van der Waals surface area contributed by atoms with Gasteiger partial charge in [-0.3, -0.25) is 4.98 Å². The zero-order valence-electron chi connectivity index (χ0n) is 13.0. The summed E-state index contributed by atoms with van der Waals surface area (Å²) in [7, 11) is 3.13. The number of pyridine rings is 1. The second kappa shape index (κ2) is 5.09. The van der Waals surface area contributed by atoms with Crippen molar-refractivity contribution in [1.82, 2.24) is 9.88 Å². The van der Waals surface area contributed by atoms with Crippen molar-refractivity contribution in [2.75, 3.05) is 14.1 Å². The molecule has 0 aromatic carbocycles. The molecular formula is C14H22BFN2O2. The predicted molar refractivity (Wildman–Crippen MR) is 77.3 cm³/mol. The van der Waals surface area contributed by atoms with E-state index in [9.17, 15) is 4.39 Å². The highest BCUT2D eigenvalue weighted by atomic mass is 19.1. The predicted octanol–water partition coefficient (Wildman–Crippen LogP) is 1.58. The zero-order valence-corrected chi connectivity index (χ0v) is 13.0. The monoisotopic (exact) mass is 280 g/mol. The van der Waals surface area contributed by atoms with Crippen LogP contribution in [0.25, 0.3) is 0 Å². The third-order valence-corrected chi connectivity index (χ3v) is 3.89. The van der Waals surface area contributed by atoms with E-state index >= 15 is 0 Å². The van der Waals surface area contributed by atoms with E-state index in [1.54, 1.807) is 6.07 Å². The van der Waals surface area contributed by atoms with Gasteiger partial charge in [0.25, 0.3) is 0 Å². The highest BCUT2D eigenvalue weighted by Crippen LogP contribution is 2.36. The summed E-state index contributed by atoms with van der Waals surface area (Å²) < 4.78 is 25.7. The Hall–Kier alpha value is -0.975. The summed E-state index contributed by atoms with van der Waals surface area (Å²) in [6.45, 7) is 8.40. The third-order valence-electron chi connectivity index (χ3n) is 3.89. The van der Waals surface area contributed by atoms with Crippen LogP contribution in [-0.4, -0.2) is 42.3 Å². The molecule has 1 fully saturated rings. The maximum absolute atomic E-state index is 14.0. The van der Waals surface area contributed by atoms with Gasteiger partial charge in [0, 0.05) is 6.54 Å². The van der Waals surface area contributed by atoms with Crippen molar-refractivity contribution in [2.24, 2.45) is 0 Å². The number of hydrogen-bond acceptors (Lipinski definition) is 4. The summed E-state index contributed by atoms with van der Waals surface area (Å²) in [4.78, 5) is 6.34. The van der Waals surface area contributed by atoms with Gasteiger partial charge in [-0.25, -0.2) is 4.39 Å². The van der Waals surface area contributed by atoms with Crippen LogP contribution >= 0.6 is 0 Å². The fourth-order valence-corrected chi connectivity index (χ4v) is 2.03. The van der Waals surface area contributed by atoms with Crippen LogP contribution in [0.5, 0.6) is 0 Å². The van der Waals surface area contributed by atoms with Crippen LogP contribution in [0.4, 0.5) is 4.39 Å². The Morgan fingerprint density at radius 3 is 2.20 bits per heavy atom. The van der Waals surface area contributed by atoms with E-state index in [2.05, 4.69) is 4.98 Å². The van der Waals surface area contributed by atoms with E-state index in [-0.39, 0.29) is 5.59 Å². The van der Waals surface area contributed by atoms with Crippen LogP contribution < -0.4 is 5.59 Å². The van der Waals surface area contributed by atoms with Crippen molar-refractivity contribution >= 4 is 12.7 Å². The molecule has 110 valence electrons. The Labute approximate surface area is 120 Å². The minimum atomic E-state index is -0.762. The zero-order chi connectivity index (χ0) is 15.1. The normalized spacial score (nSPS) is 20.7. The van der Waals surface area contributed by atoms with E-state index < -0.39 is 24.1 Å². The summed E-state index contributed by atoms with van der Waals surface area (Å²) in [6, 6.07) is 3.11. The molecule has 0 amide bonds. The highest BCUT2D eigenvalue weighted by Gasteiger charge is 2.53. The van der Waals surface area contributed by atoms with Gasteiger partial charge in [0.2, 0.25) is 0 Å². The Kier molecular flexibility index (Phi) is 3.93. The largest absolute Gasteiger partial charge is 0.517 e. The summed E-state index contributed by atoms with van der Waals surface area (Å²) in [5.74, 6) is -0.397. The van der Waals surface area contributed by atoms with E-state index in [4.69, 9.17) is 9.31 Å². The van der Waals surface area contributed by atoms with Gasteiger partial charge in [-0.15, -0.1) is 0 Å². The van der Waals surface area contributed by atoms with Crippen LogP contribution in [0.3, 0.4) is 0 Å². The summed E-state index contributed by atoms with van der Waals surface area (Å²) >= 11 is 0. The van der Waals surface area contributed by atoms with Crippen molar-refractivity contribution in [3.8, 4) is 0 Å². The van der Waals surface area contributed by atoms with Gasteiger partial charge in [-0.1, -0.05) is 0 Å². The second-order valence-electron chi connectivity index (χ2n) is 6.50. The molecule has 1 aliphatic heterocycles. The lowest BCUT2D eigenvalue weighted by Gasteiger charge is -2.32. The maximum Gasteiger partial charge on any atom is 0.517 e. The minimum Gasteiger partial charge on any atom is -0.398 e.